The maximum Gasteiger partial charge on any atom is 0.295 e. The van der Waals surface area contributed by atoms with Gasteiger partial charge in [0.2, 0.25) is 0 Å². The van der Waals surface area contributed by atoms with Crippen LogP contribution in [0, 0.1) is 5.82 Å². The molecule has 2 amide bonds. The van der Waals surface area contributed by atoms with E-state index < -0.39 is 17.5 Å². The number of carbonyl (C=O) groups excluding carboxylic acids is 3. The van der Waals surface area contributed by atoms with E-state index in [1.54, 1.807) is 45.9 Å². The van der Waals surface area contributed by atoms with E-state index in [2.05, 4.69) is 0 Å². The van der Waals surface area contributed by atoms with Gasteiger partial charge in [-0.05, 0) is 24.3 Å². The number of aryl methyl sites for hydroxylation is 1. The topological polar surface area (TPSA) is 62.6 Å². The van der Waals surface area contributed by atoms with Crippen LogP contribution in [0.25, 0.3) is 10.9 Å². The Morgan fingerprint density at radius 1 is 0.903 bits per heavy atom. The number of benzene rings is 2. The SMILES string of the molecule is O=C(C(=O)N1CCN(C(=O)c2ccccc2)CC1)c1cn(CCCl)c2cccc(F)c12. The van der Waals surface area contributed by atoms with Crippen LogP contribution < -0.4 is 0 Å². The first kappa shape index (κ1) is 21.1. The number of carbonyl (C=O) groups is 3. The van der Waals surface area contributed by atoms with E-state index in [1.807, 2.05) is 6.07 Å². The molecule has 8 heteroatoms. The van der Waals surface area contributed by atoms with Crippen molar-refractivity contribution in [2.24, 2.45) is 0 Å². The van der Waals surface area contributed by atoms with E-state index in [-0.39, 0.29) is 29.9 Å². The molecule has 1 aliphatic heterocycles. The van der Waals surface area contributed by atoms with Crippen LogP contribution in [0.15, 0.2) is 54.7 Å². The van der Waals surface area contributed by atoms with E-state index in [1.165, 1.54) is 17.2 Å². The number of alkyl halides is 1. The lowest BCUT2D eigenvalue weighted by molar-refractivity contribution is -0.127. The summed E-state index contributed by atoms with van der Waals surface area (Å²) in [6, 6.07) is 13.4. The molecule has 0 radical (unpaired) electrons. The average Bonchev–Trinajstić information content (AvgIpc) is 3.18. The van der Waals surface area contributed by atoms with E-state index in [0.717, 1.165) is 0 Å². The summed E-state index contributed by atoms with van der Waals surface area (Å²) >= 11 is 5.83. The highest BCUT2D eigenvalue weighted by Gasteiger charge is 2.31. The second-order valence-electron chi connectivity index (χ2n) is 7.34. The number of fused-ring (bicyclic) bond motifs is 1. The standard InChI is InChI=1S/C23H21ClFN3O3/c24-9-10-28-15-17(20-18(25)7-4-8-19(20)28)21(29)23(31)27-13-11-26(12-14-27)22(30)16-5-2-1-3-6-16/h1-8,15H,9-14H2. The predicted octanol–water partition coefficient (Wildman–Crippen LogP) is 3.19. The number of halogens is 2. The van der Waals surface area contributed by atoms with Gasteiger partial charge >= 0.3 is 0 Å². The lowest BCUT2D eigenvalue weighted by Gasteiger charge is -2.34. The molecule has 0 saturated carbocycles. The Morgan fingerprint density at radius 2 is 1.58 bits per heavy atom. The Bertz CT molecular complexity index is 1140. The van der Waals surface area contributed by atoms with E-state index in [9.17, 15) is 18.8 Å². The van der Waals surface area contributed by atoms with E-state index in [4.69, 9.17) is 11.6 Å². The molecule has 0 unspecified atom stereocenters. The van der Waals surface area contributed by atoms with Crippen LogP contribution in [0.1, 0.15) is 20.7 Å². The van der Waals surface area contributed by atoms with Crippen LogP contribution in [0.2, 0.25) is 0 Å². The molecule has 3 aromatic rings. The first-order valence-electron chi connectivity index (χ1n) is 10.0. The van der Waals surface area contributed by atoms with Crippen molar-refractivity contribution in [3.05, 3.63) is 71.7 Å². The third kappa shape index (κ3) is 4.05. The second-order valence-corrected chi connectivity index (χ2v) is 7.72. The minimum Gasteiger partial charge on any atom is -0.345 e. The summed E-state index contributed by atoms with van der Waals surface area (Å²) in [5.74, 6) is -1.82. The highest BCUT2D eigenvalue weighted by Crippen LogP contribution is 2.26. The minimum absolute atomic E-state index is 0.0333. The molecule has 0 aliphatic carbocycles. The number of aromatic nitrogens is 1. The Hall–Kier alpha value is -3.19. The Balaban J connectivity index is 1.50. The lowest BCUT2D eigenvalue weighted by atomic mass is 10.1. The minimum atomic E-state index is -0.758. The summed E-state index contributed by atoms with van der Waals surface area (Å²) < 4.78 is 16.2. The summed E-state index contributed by atoms with van der Waals surface area (Å²) in [4.78, 5) is 41.5. The number of hydrogen-bond acceptors (Lipinski definition) is 3. The number of rotatable bonds is 5. The molecule has 1 aliphatic rings. The fourth-order valence-electron chi connectivity index (χ4n) is 3.89. The van der Waals surface area contributed by atoms with Crippen LogP contribution in [0.5, 0.6) is 0 Å². The fourth-order valence-corrected chi connectivity index (χ4v) is 4.07. The summed E-state index contributed by atoms with van der Waals surface area (Å²) in [5, 5.41) is 0.129. The summed E-state index contributed by atoms with van der Waals surface area (Å²) in [7, 11) is 0. The zero-order valence-electron chi connectivity index (χ0n) is 16.8. The fraction of sp³-hybridized carbons (Fsp3) is 0.261. The smallest absolute Gasteiger partial charge is 0.295 e. The van der Waals surface area contributed by atoms with Gasteiger partial charge in [-0.2, -0.15) is 0 Å². The summed E-state index contributed by atoms with van der Waals surface area (Å²) in [6.45, 7) is 1.53. The van der Waals surface area contributed by atoms with Crippen molar-refractivity contribution in [2.45, 2.75) is 6.54 Å². The zero-order chi connectivity index (χ0) is 22.0. The van der Waals surface area contributed by atoms with Crippen molar-refractivity contribution in [2.75, 3.05) is 32.1 Å². The number of amides is 2. The monoisotopic (exact) mass is 441 g/mol. The normalized spacial score (nSPS) is 14.1. The van der Waals surface area contributed by atoms with Crippen LogP contribution in [0.3, 0.4) is 0 Å². The van der Waals surface area contributed by atoms with Gasteiger partial charge in [0.05, 0.1) is 11.1 Å². The maximum absolute atomic E-state index is 14.5. The third-order valence-electron chi connectivity index (χ3n) is 5.49. The van der Waals surface area contributed by atoms with Crippen LogP contribution in [-0.2, 0) is 11.3 Å². The molecule has 0 spiro atoms. The Morgan fingerprint density at radius 3 is 2.26 bits per heavy atom. The Labute approximate surface area is 183 Å². The van der Waals surface area contributed by atoms with Crippen molar-refractivity contribution in [1.82, 2.24) is 14.4 Å². The van der Waals surface area contributed by atoms with Gasteiger partial charge in [-0.1, -0.05) is 24.3 Å². The lowest BCUT2D eigenvalue weighted by Crippen LogP contribution is -2.52. The first-order chi connectivity index (χ1) is 15.0. The largest absolute Gasteiger partial charge is 0.345 e. The van der Waals surface area contributed by atoms with Gasteiger partial charge in [0.1, 0.15) is 5.82 Å². The molecule has 1 fully saturated rings. The molecule has 1 aromatic heterocycles. The summed E-state index contributed by atoms with van der Waals surface area (Å²) in [6.07, 6.45) is 1.49. The highest BCUT2D eigenvalue weighted by molar-refractivity contribution is 6.45. The van der Waals surface area contributed by atoms with Crippen molar-refractivity contribution in [3.8, 4) is 0 Å². The highest BCUT2D eigenvalue weighted by atomic mass is 35.5. The van der Waals surface area contributed by atoms with Gasteiger partial charge in [-0.25, -0.2) is 4.39 Å². The van der Waals surface area contributed by atoms with Crippen LogP contribution >= 0.6 is 11.6 Å². The van der Waals surface area contributed by atoms with Crippen molar-refractivity contribution in [3.63, 3.8) is 0 Å². The zero-order valence-corrected chi connectivity index (χ0v) is 17.5. The Kier molecular flexibility index (Phi) is 6.04. The molecule has 4 rings (SSSR count). The van der Waals surface area contributed by atoms with Crippen LogP contribution in [-0.4, -0.2) is 64.0 Å². The van der Waals surface area contributed by atoms with Crippen molar-refractivity contribution in [1.29, 1.82) is 0 Å². The molecule has 0 atom stereocenters. The average molecular weight is 442 g/mol. The molecule has 160 valence electrons. The number of ketones is 1. The molecule has 2 heterocycles. The predicted molar refractivity (Wildman–Crippen MR) is 116 cm³/mol. The number of hydrogen-bond donors (Lipinski definition) is 0. The van der Waals surface area contributed by atoms with Gasteiger partial charge < -0.3 is 14.4 Å². The molecule has 6 nitrogen and oxygen atoms in total. The number of nitrogens with zero attached hydrogens (tertiary/aromatic N) is 3. The second kappa shape index (κ2) is 8.89. The molecule has 31 heavy (non-hydrogen) atoms. The van der Waals surface area contributed by atoms with Crippen molar-refractivity contribution < 1.29 is 18.8 Å². The van der Waals surface area contributed by atoms with Gasteiger partial charge in [-0.3, -0.25) is 14.4 Å². The third-order valence-corrected chi connectivity index (χ3v) is 5.66. The maximum atomic E-state index is 14.5. The molecule has 2 aromatic carbocycles. The van der Waals surface area contributed by atoms with Gasteiger partial charge in [0, 0.05) is 55.8 Å². The first-order valence-corrected chi connectivity index (χ1v) is 10.6. The van der Waals surface area contributed by atoms with Gasteiger partial charge in [-0.15, -0.1) is 11.6 Å². The van der Waals surface area contributed by atoms with E-state index in [0.29, 0.717) is 36.6 Å². The molecular formula is C23H21ClFN3O3. The molecule has 1 saturated heterocycles. The molecule has 0 bridgehead atoms. The van der Waals surface area contributed by atoms with Crippen molar-refractivity contribution >= 4 is 40.1 Å². The molecular weight excluding hydrogens is 421 g/mol. The molecule has 0 N–H and O–H groups in total. The van der Waals surface area contributed by atoms with Crippen LogP contribution in [0.4, 0.5) is 4.39 Å². The number of Topliss-reactive ketones (excluding diaryl/α,β-unsaturated/α-hetero) is 1. The number of piperazine rings is 1. The van der Waals surface area contributed by atoms with Gasteiger partial charge in [0.15, 0.2) is 0 Å². The summed E-state index contributed by atoms with van der Waals surface area (Å²) in [5.41, 5.74) is 1.14. The van der Waals surface area contributed by atoms with E-state index >= 15 is 0 Å². The van der Waals surface area contributed by atoms with Gasteiger partial charge in [0.25, 0.3) is 17.6 Å². The quantitative estimate of drug-likeness (QED) is 0.347.